The third-order valence-electron chi connectivity index (χ3n) is 3.51. The van der Waals surface area contributed by atoms with Gasteiger partial charge < -0.3 is 9.42 Å². The molecule has 0 N–H and O–H groups in total. The number of amides is 1. The lowest BCUT2D eigenvalue weighted by atomic mass is 9.96. The number of hydrogen-bond donors (Lipinski definition) is 0. The van der Waals surface area contributed by atoms with Crippen LogP contribution in [0, 0.1) is 5.41 Å². The third kappa shape index (κ3) is 7.21. The molecule has 0 aliphatic heterocycles. The topological polar surface area (TPSA) is 59.2 Å². The highest BCUT2D eigenvalue weighted by atomic mass is 35.5. The van der Waals surface area contributed by atoms with Crippen LogP contribution in [0.2, 0.25) is 5.02 Å². The van der Waals surface area contributed by atoms with Crippen LogP contribution in [0.4, 0.5) is 13.2 Å². The van der Waals surface area contributed by atoms with Crippen LogP contribution in [0.15, 0.2) is 28.8 Å². The van der Waals surface area contributed by atoms with E-state index in [0.717, 1.165) is 4.90 Å². The molecule has 5 nitrogen and oxygen atoms in total. The molecule has 2 rings (SSSR count). The highest BCUT2D eigenvalue weighted by Gasteiger charge is 2.34. The summed E-state index contributed by atoms with van der Waals surface area (Å²) in [6.07, 6.45) is -4.53. The number of carbonyl (C=O) groups is 1. The minimum atomic E-state index is -4.45. The van der Waals surface area contributed by atoms with Crippen molar-refractivity contribution in [3.8, 4) is 11.4 Å². The van der Waals surface area contributed by atoms with Gasteiger partial charge in [-0.1, -0.05) is 37.5 Å². The molecular formula is C18H21ClF3N3O2. The van der Waals surface area contributed by atoms with Gasteiger partial charge in [-0.3, -0.25) is 4.79 Å². The first kappa shape index (κ1) is 21.2. The van der Waals surface area contributed by atoms with Crippen molar-refractivity contribution < 1.29 is 22.5 Å². The number of nitrogens with zero attached hydrogens (tertiary/aromatic N) is 3. The minimum Gasteiger partial charge on any atom is -0.339 e. The lowest BCUT2D eigenvalue weighted by Gasteiger charge is -2.30. The van der Waals surface area contributed by atoms with Crippen molar-refractivity contribution in [1.82, 2.24) is 15.0 Å². The summed E-state index contributed by atoms with van der Waals surface area (Å²) in [5, 5.41) is 4.39. The van der Waals surface area contributed by atoms with E-state index in [1.807, 2.05) is 0 Å². The SMILES string of the molecule is CC(C)(C)CN(CC(F)(F)F)C(=O)CCc1nc(-c2ccc(Cl)cc2)no1. The molecule has 0 spiro atoms. The monoisotopic (exact) mass is 403 g/mol. The van der Waals surface area contributed by atoms with E-state index in [0.29, 0.717) is 16.4 Å². The maximum atomic E-state index is 12.8. The Morgan fingerprint density at radius 3 is 2.33 bits per heavy atom. The van der Waals surface area contributed by atoms with E-state index in [2.05, 4.69) is 10.1 Å². The van der Waals surface area contributed by atoms with Gasteiger partial charge in [-0.25, -0.2) is 0 Å². The van der Waals surface area contributed by atoms with E-state index in [4.69, 9.17) is 16.1 Å². The lowest BCUT2D eigenvalue weighted by Crippen LogP contribution is -2.43. The summed E-state index contributed by atoms with van der Waals surface area (Å²) in [6, 6.07) is 6.79. The van der Waals surface area contributed by atoms with Gasteiger partial charge in [0.2, 0.25) is 17.6 Å². The first-order valence-corrected chi connectivity index (χ1v) is 8.74. The number of hydrogen-bond acceptors (Lipinski definition) is 4. The molecule has 27 heavy (non-hydrogen) atoms. The first-order chi connectivity index (χ1) is 12.4. The van der Waals surface area contributed by atoms with Gasteiger partial charge >= 0.3 is 6.18 Å². The van der Waals surface area contributed by atoms with Crippen molar-refractivity contribution >= 4 is 17.5 Å². The van der Waals surface area contributed by atoms with E-state index >= 15 is 0 Å². The van der Waals surface area contributed by atoms with Gasteiger partial charge in [0.25, 0.3) is 0 Å². The maximum Gasteiger partial charge on any atom is 0.406 e. The van der Waals surface area contributed by atoms with Crippen molar-refractivity contribution in [2.45, 2.75) is 39.8 Å². The number of rotatable bonds is 6. The van der Waals surface area contributed by atoms with E-state index in [1.54, 1.807) is 45.0 Å². The van der Waals surface area contributed by atoms with Gasteiger partial charge in [-0.15, -0.1) is 0 Å². The molecule has 0 aliphatic carbocycles. The lowest BCUT2D eigenvalue weighted by molar-refractivity contribution is -0.163. The van der Waals surface area contributed by atoms with Crippen LogP contribution in [-0.4, -0.2) is 40.2 Å². The van der Waals surface area contributed by atoms with Crippen LogP contribution in [0.25, 0.3) is 11.4 Å². The Balaban J connectivity index is 2.01. The quantitative estimate of drug-likeness (QED) is 0.697. The Kier molecular flexibility index (Phi) is 6.51. The zero-order chi connectivity index (χ0) is 20.2. The molecule has 0 fully saturated rings. The fourth-order valence-electron chi connectivity index (χ4n) is 2.47. The van der Waals surface area contributed by atoms with Gasteiger partial charge in [0.1, 0.15) is 6.54 Å². The van der Waals surface area contributed by atoms with Crippen LogP contribution < -0.4 is 0 Å². The molecule has 0 saturated heterocycles. The molecule has 0 radical (unpaired) electrons. The smallest absolute Gasteiger partial charge is 0.339 e. The average molecular weight is 404 g/mol. The largest absolute Gasteiger partial charge is 0.406 e. The molecule has 1 amide bonds. The Morgan fingerprint density at radius 2 is 1.78 bits per heavy atom. The van der Waals surface area contributed by atoms with Gasteiger partial charge in [-0.2, -0.15) is 18.2 Å². The first-order valence-electron chi connectivity index (χ1n) is 8.36. The molecule has 0 unspecified atom stereocenters. The van der Waals surface area contributed by atoms with Crippen molar-refractivity contribution in [3.05, 3.63) is 35.2 Å². The van der Waals surface area contributed by atoms with Crippen molar-refractivity contribution in [1.29, 1.82) is 0 Å². The van der Waals surface area contributed by atoms with Crippen LogP contribution in [0.3, 0.4) is 0 Å². The second kappa shape index (κ2) is 8.29. The fourth-order valence-corrected chi connectivity index (χ4v) is 2.59. The molecule has 1 aromatic heterocycles. The highest BCUT2D eigenvalue weighted by molar-refractivity contribution is 6.30. The van der Waals surface area contributed by atoms with Crippen LogP contribution in [-0.2, 0) is 11.2 Å². The van der Waals surface area contributed by atoms with E-state index in [9.17, 15) is 18.0 Å². The van der Waals surface area contributed by atoms with E-state index < -0.39 is 24.0 Å². The van der Waals surface area contributed by atoms with Gasteiger partial charge in [0.15, 0.2) is 0 Å². The number of aryl methyl sites for hydroxylation is 1. The fraction of sp³-hybridized carbons (Fsp3) is 0.500. The number of aromatic nitrogens is 2. The second-order valence-electron chi connectivity index (χ2n) is 7.44. The Hall–Kier alpha value is -2.09. The molecule has 0 bridgehead atoms. The highest BCUT2D eigenvalue weighted by Crippen LogP contribution is 2.23. The zero-order valence-corrected chi connectivity index (χ0v) is 16.1. The van der Waals surface area contributed by atoms with Crippen LogP contribution >= 0.6 is 11.6 Å². The molecule has 0 saturated carbocycles. The van der Waals surface area contributed by atoms with E-state index in [-0.39, 0.29) is 25.3 Å². The van der Waals surface area contributed by atoms with Crippen molar-refractivity contribution in [2.24, 2.45) is 5.41 Å². The normalized spacial score (nSPS) is 12.3. The van der Waals surface area contributed by atoms with E-state index in [1.165, 1.54) is 0 Å². The molecular weight excluding hydrogens is 383 g/mol. The average Bonchev–Trinajstić information content (AvgIpc) is 2.99. The molecule has 148 valence electrons. The van der Waals surface area contributed by atoms with Crippen LogP contribution in [0.1, 0.15) is 33.1 Å². The molecule has 2 aromatic rings. The minimum absolute atomic E-state index is 0.00516. The predicted octanol–water partition coefficient (Wildman–Crippen LogP) is 4.76. The Bertz CT molecular complexity index is 751. The third-order valence-corrected chi connectivity index (χ3v) is 3.76. The summed E-state index contributed by atoms with van der Waals surface area (Å²) in [6.45, 7) is 4.06. The second-order valence-corrected chi connectivity index (χ2v) is 7.88. The predicted molar refractivity (Wildman–Crippen MR) is 95.2 cm³/mol. The summed E-state index contributed by atoms with van der Waals surface area (Å²) in [4.78, 5) is 17.3. The van der Waals surface area contributed by atoms with Gasteiger partial charge in [0, 0.05) is 30.0 Å². The van der Waals surface area contributed by atoms with Crippen molar-refractivity contribution in [2.75, 3.05) is 13.1 Å². The molecule has 1 heterocycles. The Morgan fingerprint density at radius 1 is 1.15 bits per heavy atom. The maximum absolute atomic E-state index is 12.8. The summed E-state index contributed by atoms with van der Waals surface area (Å²) >= 11 is 5.82. The van der Waals surface area contributed by atoms with Crippen molar-refractivity contribution in [3.63, 3.8) is 0 Å². The van der Waals surface area contributed by atoms with Gasteiger partial charge in [0.05, 0.1) is 0 Å². The van der Waals surface area contributed by atoms with Gasteiger partial charge in [-0.05, 0) is 29.7 Å². The number of benzene rings is 1. The number of halogens is 4. The number of alkyl halides is 3. The number of carbonyl (C=O) groups excluding carboxylic acids is 1. The zero-order valence-electron chi connectivity index (χ0n) is 15.3. The standard InChI is InChI=1S/C18H21ClF3N3O2/c1-17(2,3)10-25(11-18(20,21)22)15(26)9-8-14-23-16(24-27-14)12-4-6-13(19)7-5-12/h4-7H,8-11H2,1-3H3. The Labute approximate surface area is 160 Å². The summed E-state index contributed by atoms with van der Waals surface area (Å²) in [7, 11) is 0. The molecule has 0 atom stereocenters. The molecule has 1 aromatic carbocycles. The van der Waals surface area contributed by atoms with Crippen LogP contribution in [0.5, 0.6) is 0 Å². The summed E-state index contributed by atoms with van der Waals surface area (Å²) in [5.41, 5.74) is 0.236. The summed E-state index contributed by atoms with van der Waals surface area (Å²) < 4.78 is 43.4. The summed E-state index contributed by atoms with van der Waals surface area (Å²) in [5.74, 6) is -0.0829. The molecule has 9 heteroatoms. The molecule has 0 aliphatic rings.